The number of hydrogen-bond donors (Lipinski definition) is 1. The predicted octanol–water partition coefficient (Wildman–Crippen LogP) is 5.19. The van der Waals surface area contributed by atoms with Crippen molar-refractivity contribution in [3.05, 3.63) is 99.1 Å². The Morgan fingerprint density at radius 2 is 1.77 bits per heavy atom. The number of methoxy groups -OCH3 is 1. The third-order valence-electron chi connectivity index (χ3n) is 6.22. The van der Waals surface area contributed by atoms with Gasteiger partial charge in [0.2, 0.25) is 11.7 Å². The number of rotatable bonds is 13. The number of nitro benzene ring substituents is 1. The molecule has 0 saturated heterocycles. The molecule has 0 heterocycles. The van der Waals surface area contributed by atoms with Gasteiger partial charge in [-0.25, -0.2) is 0 Å². The Labute approximate surface area is 232 Å². The van der Waals surface area contributed by atoms with E-state index < -0.39 is 23.5 Å². The van der Waals surface area contributed by atoms with Crippen molar-refractivity contribution in [1.29, 1.82) is 0 Å². The van der Waals surface area contributed by atoms with Gasteiger partial charge in [0.25, 0.3) is 5.91 Å². The van der Waals surface area contributed by atoms with Crippen LogP contribution in [0, 0.1) is 10.1 Å². The minimum absolute atomic E-state index is 0.00983. The average Bonchev–Trinajstić information content (AvgIpc) is 2.93. The summed E-state index contributed by atoms with van der Waals surface area (Å²) in [6, 6.07) is 19.7. The molecule has 206 valence electrons. The SMILES string of the molecule is CC[C@H](C)NC(=O)[C@H](Cc1ccccc1)N(Cc1cccc(Cl)c1)C(=O)COc1ccc([N+](=O)[O-])c(OC)c1. The fraction of sp³-hybridized carbons (Fsp3) is 0.310. The summed E-state index contributed by atoms with van der Waals surface area (Å²) in [5, 5.41) is 14.7. The molecule has 1 N–H and O–H groups in total. The first kappa shape index (κ1) is 29.4. The molecule has 0 bridgehead atoms. The van der Waals surface area contributed by atoms with E-state index in [-0.39, 0.29) is 35.7 Å². The highest BCUT2D eigenvalue weighted by Gasteiger charge is 2.31. The van der Waals surface area contributed by atoms with Crippen molar-refractivity contribution in [1.82, 2.24) is 10.2 Å². The van der Waals surface area contributed by atoms with Crippen molar-refractivity contribution >= 4 is 29.1 Å². The zero-order valence-corrected chi connectivity index (χ0v) is 22.9. The van der Waals surface area contributed by atoms with Gasteiger partial charge in [0.1, 0.15) is 11.8 Å². The van der Waals surface area contributed by atoms with Crippen LogP contribution in [0.15, 0.2) is 72.8 Å². The Kier molecular flexibility index (Phi) is 10.7. The number of benzene rings is 3. The summed E-state index contributed by atoms with van der Waals surface area (Å²) in [5.41, 5.74) is 1.43. The fourth-order valence-electron chi connectivity index (χ4n) is 3.95. The van der Waals surface area contributed by atoms with E-state index >= 15 is 0 Å². The molecule has 39 heavy (non-hydrogen) atoms. The van der Waals surface area contributed by atoms with Gasteiger partial charge in [-0.2, -0.15) is 0 Å². The van der Waals surface area contributed by atoms with E-state index in [1.807, 2.05) is 50.2 Å². The number of ether oxygens (including phenoxy) is 2. The van der Waals surface area contributed by atoms with Crippen LogP contribution in [-0.4, -0.2) is 47.4 Å². The third-order valence-corrected chi connectivity index (χ3v) is 6.46. The van der Waals surface area contributed by atoms with Crippen LogP contribution in [0.3, 0.4) is 0 Å². The van der Waals surface area contributed by atoms with Gasteiger partial charge < -0.3 is 19.7 Å². The number of halogens is 1. The highest BCUT2D eigenvalue weighted by atomic mass is 35.5. The monoisotopic (exact) mass is 553 g/mol. The molecule has 0 aromatic heterocycles. The van der Waals surface area contributed by atoms with E-state index in [2.05, 4.69) is 5.32 Å². The summed E-state index contributed by atoms with van der Waals surface area (Å²) in [4.78, 5) is 39.3. The van der Waals surface area contributed by atoms with E-state index in [1.165, 1.54) is 30.2 Å². The second-order valence-electron chi connectivity index (χ2n) is 9.05. The van der Waals surface area contributed by atoms with Crippen molar-refractivity contribution < 1.29 is 24.0 Å². The first-order chi connectivity index (χ1) is 18.7. The molecule has 0 unspecified atom stereocenters. The van der Waals surface area contributed by atoms with Crippen LogP contribution in [0.1, 0.15) is 31.4 Å². The maximum absolute atomic E-state index is 13.7. The van der Waals surface area contributed by atoms with Crippen molar-refractivity contribution in [2.45, 2.75) is 45.3 Å². The standard InChI is InChI=1S/C29H32ClN3O6/c1-4-20(2)31-29(35)26(16-21-9-6-5-7-10-21)32(18-22-11-8-12-23(30)15-22)28(34)19-39-24-13-14-25(33(36)37)27(17-24)38-3/h5-15,17,20,26H,4,16,18-19H2,1-3H3,(H,31,35)/t20-,26-/m0/s1. The first-order valence-electron chi connectivity index (χ1n) is 12.5. The maximum Gasteiger partial charge on any atom is 0.311 e. The number of carbonyl (C=O) groups is 2. The molecule has 2 amide bonds. The summed E-state index contributed by atoms with van der Waals surface area (Å²) in [5.74, 6) is -0.485. The van der Waals surface area contributed by atoms with Gasteiger partial charge >= 0.3 is 5.69 Å². The molecule has 0 aliphatic carbocycles. The molecule has 0 radical (unpaired) electrons. The van der Waals surface area contributed by atoms with Gasteiger partial charge in [-0.1, -0.05) is 61.0 Å². The van der Waals surface area contributed by atoms with Gasteiger partial charge in [-0.15, -0.1) is 0 Å². The second kappa shape index (κ2) is 14.2. The average molecular weight is 554 g/mol. The van der Waals surface area contributed by atoms with Gasteiger partial charge in [-0.05, 0) is 42.7 Å². The van der Waals surface area contributed by atoms with Gasteiger partial charge in [0, 0.05) is 36.2 Å². The second-order valence-corrected chi connectivity index (χ2v) is 9.49. The van der Waals surface area contributed by atoms with Gasteiger partial charge in [0.05, 0.1) is 12.0 Å². The number of hydrogen-bond acceptors (Lipinski definition) is 6. The van der Waals surface area contributed by atoms with Crippen molar-refractivity contribution in [3.63, 3.8) is 0 Å². The van der Waals surface area contributed by atoms with Crippen LogP contribution in [-0.2, 0) is 22.6 Å². The Morgan fingerprint density at radius 3 is 2.41 bits per heavy atom. The minimum atomic E-state index is -0.831. The predicted molar refractivity (Wildman–Crippen MR) is 149 cm³/mol. The number of nitrogens with zero attached hydrogens (tertiary/aromatic N) is 2. The van der Waals surface area contributed by atoms with E-state index in [1.54, 1.807) is 18.2 Å². The molecule has 2 atom stereocenters. The summed E-state index contributed by atoms with van der Waals surface area (Å²) in [6.07, 6.45) is 1.03. The van der Waals surface area contributed by atoms with E-state index in [9.17, 15) is 19.7 Å². The molecular formula is C29H32ClN3O6. The maximum atomic E-state index is 13.7. The minimum Gasteiger partial charge on any atom is -0.490 e. The fourth-order valence-corrected chi connectivity index (χ4v) is 4.17. The quantitative estimate of drug-likeness (QED) is 0.230. The highest BCUT2D eigenvalue weighted by Crippen LogP contribution is 2.31. The molecule has 9 nitrogen and oxygen atoms in total. The topological polar surface area (TPSA) is 111 Å². The Balaban J connectivity index is 1.92. The lowest BCUT2D eigenvalue weighted by Crippen LogP contribution is -2.53. The van der Waals surface area contributed by atoms with E-state index in [0.717, 1.165) is 17.5 Å². The third kappa shape index (κ3) is 8.44. The summed E-state index contributed by atoms with van der Waals surface area (Å²) in [7, 11) is 1.31. The molecular weight excluding hydrogens is 522 g/mol. The van der Waals surface area contributed by atoms with Crippen LogP contribution in [0.2, 0.25) is 5.02 Å². The molecule has 10 heteroatoms. The largest absolute Gasteiger partial charge is 0.490 e. The van der Waals surface area contributed by atoms with Crippen molar-refractivity contribution in [3.8, 4) is 11.5 Å². The van der Waals surface area contributed by atoms with E-state index in [0.29, 0.717) is 11.4 Å². The molecule has 0 spiro atoms. The molecule has 0 aliphatic rings. The summed E-state index contributed by atoms with van der Waals surface area (Å²) in [6.45, 7) is 3.60. The number of amides is 2. The lowest BCUT2D eigenvalue weighted by atomic mass is 10.0. The number of carbonyl (C=O) groups excluding carboxylic acids is 2. The van der Waals surface area contributed by atoms with Crippen molar-refractivity contribution in [2.75, 3.05) is 13.7 Å². The normalized spacial score (nSPS) is 12.2. The van der Waals surface area contributed by atoms with Crippen LogP contribution >= 0.6 is 11.6 Å². The molecule has 3 rings (SSSR count). The van der Waals surface area contributed by atoms with Crippen LogP contribution in [0.25, 0.3) is 0 Å². The molecule has 0 aliphatic heterocycles. The van der Waals surface area contributed by atoms with Crippen LogP contribution in [0.4, 0.5) is 5.69 Å². The zero-order valence-electron chi connectivity index (χ0n) is 22.1. The Bertz CT molecular complexity index is 1290. The van der Waals surface area contributed by atoms with Crippen molar-refractivity contribution in [2.24, 2.45) is 0 Å². The summed E-state index contributed by atoms with van der Waals surface area (Å²) >= 11 is 6.20. The molecule has 0 fully saturated rings. The van der Waals surface area contributed by atoms with Gasteiger partial charge in [-0.3, -0.25) is 19.7 Å². The van der Waals surface area contributed by atoms with Crippen LogP contribution < -0.4 is 14.8 Å². The van der Waals surface area contributed by atoms with Crippen LogP contribution in [0.5, 0.6) is 11.5 Å². The first-order valence-corrected chi connectivity index (χ1v) is 12.9. The molecule has 3 aromatic carbocycles. The summed E-state index contributed by atoms with van der Waals surface area (Å²) < 4.78 is 10.8. The van der Waals surface area contributed by atoms with Gasteiger partial charge in [0.15, 0.2) is 6.61 Å². The smallest absolute Gasteiger partial charge is 0.311 e. The molecule has 0 saturated carbocycles. The number of nitrogens with one attached hydrogen (secondary N) is 1. The van der Waals surface area contributed by atoms with E-state index in [4.69, 9.17) is 21.1 Å². The lowest BCUT2D eigenvalue weighted by Gasteiger charge is -2.32. The zero-order chi connectivity index (χ0) is 28.4. The molecule has 3 aromatic rings. The highest BCUT2D eigenvalue weighted by molar-refractivity contribution is 6.30. The Hall–Kier alpha value is -4.11. The Morgan fingerprint density at radius 1 is 1.05 bits per heavy atom. The number of nitro groups is 1. The lowest BCUT2D eigenvalue weighted by molar-refractivity contribution is -0.385.